The first-order valence-corrected chi connectivity index (χ1v) is 16.6. The number of amidine groups is 1. The molecule has 8 aromatic rings. The van der Waals surface area contributed by atoms with Gasteiger partial charge in [-0.2, -0.15) is 0 Å². The lowest BCUT2D eigenvalue weighted by Crippen LogP contribution is -2.60. The highest BCUT2D eigenvalue weighted by molar-refractivity contribution is 6.09. The largest absolute Gasteiger partial charge is 0.355 e. The van der Waals surface area contributed by atoms with Gasteiger partial charge in [0.15, 0.2) is 0 Å². The van der Waals surface area contributed by atoms with Gasteiger partial charge in [-0.05, 0) is 81.9 Å². The Morgan fingerprint density at radius 2 is 1.08 bits per heavy atom. The van der Waals surface area contributed by atoms with Crippen LogP contribution in [-0.4, -0.2) is 22.5 Å². The van der Waals surface area contributed by atoms with Crippen LogP contribution in [-0.2, 0) is 5.66 Å². The number of hydrogen-bond donors (Lipinski definition) is 3. The maximum Gasteiger partial charge on any atom is 0.144 e. The molecule has 3 N–H and O–H groups in total. The predicted octanol–water partition coefficient (Wildman–Crippen LogP) is 9.52. The van der Waals surface area contributed by atoms with Gasteiger partial charge in [0, 0.05) is 39.1 Å². The fourth-order valence-electron chi connectivity index (χ4n) is 7.05. The van der Waals surface area contributed by atoms with Crippen LogP contribution in [0.15, 0.2) is 175 Å². The second-order valence-electron chi connectivity index (χ2n) is 12.5. The number of para-hydroxylation sites is 1. The maximum atomic E-state index is 5.03. The van der Waals surface area contributed by atoms with Crippen molar-refractivity contribution in [1.29, 1.82) is 0 Å². The Morgan fingerprint density at radius 1 is 0.469 bits per heavy atom. The summed E-state index contributed by atoms with van der Waals surface area (Å²) in [4.78, 5) is 13.2. The SMILES string of the molecule is c1ccc(C2(c3ccccc3)NCN=C(c3cc(-c4ccc(-c5ccccn5)cc4)cc(-c4ccc5[nH]c6ccccc6c5c4)c3)N2)cc1. The molecule has 0 bridgehead atoms. The van der Waals surface area contributed by atoms with E-state index in [1.54, 1.807) is 0 Å². The van der Waals surface area contributed by atoms with Crippen molar-refractivity contribution in [1.82, 2.24) is 20.6 Å². The number of benzene rings is 6. The lowest BCUT2D eigenvalue weighted by atomic mass is 9.89. The van der Waals surface area contributed by atoms with E-state index in [4.69, 9.17) is 4.99 Å². The average Bonchev–Trinajstić information content (AvgIpc) is 3.57. The van der Waals surface area contributed by atoms with Gasteiger partial charge in [0.1, 0.15) is 11.5 Å². The van der Waals surface area contributed by atoms with Gasteiger partial charge >= 0.3 is 0 Å². The molecular weight excluding hydrogens is 599 g/mol. The minimum atomic E-state index is -0.650. The number of H-pyrrole nitrogens is 1. The van der Waals surface area contributed by atoms with Gasteiger partial charge in [-0.3, -0.25) is 15.3 Å². The molecule has 0 amide bonds. The molecule has 1 aliphatic rings. The number of aromatic nitrogens is 2. The number of hydrogen-bond acceptors (Lipinski definition) is 4. The Balaban J connectivity index is 1.19. The van der Waals surface area contributed by atoms with E-state index < -0.39 is 5.66 Å². The molecule has 1 aliphatic heterocycles. The number of fused-ring (bicyclic) bond motifs is 3. The molecule has 5 heteroatoms. The van der Waals surface area contributed by atoms with Crippen LogP contribution < -0.4 is 10.6 Å². The third-order valence-electron chi connectivity index (χ3n) is 9.53. The van der Waals surface area contributed by atoms with Crippen molar-refractivity contribution in [2.24, 2.45) is 4.99 Å². The molecular formula is C44H33N5. The van der Waals surface area contributed by atoms with E-state index in [9.17, 15) is 0 Å². The Hall–Kier alpha value is -6.30. The third kappa shape index (κ3) is 5.27. The molecule has 0 radical (unpaired) electrons. The number of aliphatic imine (C=N–C) groups is 1. The average molecular weight is 632 g/mol. The second kappa shape index (κ2) is 12.1. The zero-order chi connectivity index (χ0) is 32.6. The van der Waals surface area contributed by atoms with E-state index in [2.05, 4.69) is 166 Å². The van der Waals surface area contributed by atoms with Crippen LogP contribution in [0, 0.1) is 0 Å². The molecule has 0 unspecified atom stereocenters. The predicted molar refractivity (Wildman–Crippen MR) is 201 cm³/mol. The number of pyridine rings is 1. The van der Waals surface area contributed by atoms with E-state index in [-0.39, 0.29) is 0 Å². The highest BCUT2D eigenvalue weighted by Crippen LogP contribution is 2.35. The Kier molecular flexibility index (Phi) is 7.11. The number of aromatic amines is 1. The Bertz CT molecular complexity index is 2410. The molecule has 6 aromatic carbocycles. The van der Waals surface area contributed by atoms with Gasteiger partial charge in [0.05, 0.1) is 12.4 Å². The molecule has 0 saturated carbocycles. The van der Waals surface area contributed by atoms with Crippen molar-refractivity contribution >= 4 is 27.6 Å². The van der Waals surface area contributed by atoms with Crippen LogP contribution in [0.25, 0.3) is 55.3 Å². The molecule has 0 aliphatic carbocycles. The molecule has 9 rings (SSSR count). The van der Waals surface area contributed by atoms with Gasteiger partial charge in [-0.25, -0.2) is 0 Å². The van der Waals surface area contributed by atoms with E-state index in [1.165, 1.54) is 10.8 Å². The van der Waals surface area contributed by atoms with E-state index in [0.29, 0.717) is 6.67 Å². The quantitative estimate of drug-likeness (QED) is 0.171. The minimum absolute atomic E-state index is 0.464. The van der Waals surface area contributed by atoms with Crippen LogP contribution in [0.1, 0.15) is 16.7 Å². The van der Waals surface area contributed by atoms with E-state index in [0.717, 1.165) is 67.1 Å². The summed E-state index contributed by atoms with van der Waals surface area (Å²) in [6, 6.07) is 57.8. The second-order valence-corrected chi connectivity index (χ2v) is 12.5. The molecule has 0 fully saturated rings. The van der Waals surface area contributed by atoms with Crippen molar-refractivity contribution in [3.05, 3.63) is 187 Å². The van der Waals surface area contributed by atoms with Gasteiger partial charge < -0.3 is 10.3 Å². The minimum Gasteiger partial charge on any atom is -0.355 e. The molecule has 0 atom stereocenters. The van der Waals surface area contributed by atoms with Gasteiger partial charge in [0.2, 0.25) is 0 Å². The summed E-state index contributed by atoms with van der Waals surface area (Å²) >= 11 is 0. The van der Waals surface area contributed by atoms with E-state index in [1.807, 2.05) is 24.4 Å². The molecule has 234 valence electrons. The van der Waals surface area contributed by atoms with Gasteiger partial charge in [-0.15, -0.1) is 0 Å². The summed E-state index contributed by atoms with van der Waals surface area (Å²) in [6.45, 7) is 0.464. The highest BCUT2D eigenvalue weighted by atomic mass is 15.3. The van der Waals surface area contributed by atoms with Gasteiger partial charge in [0.25, 0.3) is 0 Å². The topological polar surface area (TPSA) is 65.1 Å². The standard InChI is InChI=1S/C44H33N5/c1-3-11-36(12-4-1)44(37-13-5-2-6-14-37)47-29-46-43(49-44)35-26-33(30-18-20-31(21-19-30)40-16-9-10-24-45-40)25-34(27-35)32-22-23-42-39(28-32)38-15-7-8-17-41(38)48-42/h1-28,47-48H,29H2,(H,46,49). The Morgan fingerprint density at radius 3 is 1.82 bits per heavy atom. The lowest BCUT2D eigenvalue weighted by Gasteiger charge is -2.40. The van der Waals surface area contributed by atoms with Gasteiger partial charge in [-0.1, -0.05) is 115 Å². The van der Waals surface area contributed by atoms with Crippen molar-refractivity contribution in [2.75, 3.05) is 6.67 Å². The first kappa shape index (κ1) is 28.9. The summed E-state index contributed by atoms with van der Waals surface area (Å²) in [5.41, 5.74) is 11.5. The lowest BCUT2D eigenvalue weighted by molar-refractivity contribution is 0.360. The Labute approximate surface area is 285 Å². The third-order valence-corrected chi connectivity index (χ3v) is 9.53. The summed E-state index contributed by atoms with van der Waals surface area (Å²) in [5, 5.41) is 10.0. The zero-order valence-corrected chi connectivity index (χ0v) is 26.8. The van der Waals surface area contributed by atoms with Crippen LogP contribution in [0.5, 0.6) is 0 Å². The van der Waals surface area contributed by atoms with Crippen molar-refractivity contribution in [3.63, 3.8) is 0 Å². The summed E-state index contributed by atoms with van der Waals surface area (Å²) < 4.78 is 0. The van der Waals surface area contributed by atoms with Crippen LogP contribution in [0.4, 0.5) is 0 Å². The first-order chi connectivity index (χ1) is 24.2. The van der Waals surface area contributed by atoms with Crippen molar-refractivity contribution in [3.8, 4) is 33.5 Å². The fourth-order valence-corrected chi connectivity index (χ4v) is 7.05. The highest BCUT2D eigenvalue weighted by Gasteiger charge is 2.37. The molecule has 49 heavy (non-hydrogen) atoms. The van der Waals surface area contributed by atoms with Crippen LogP contribution >= 0.6 is 0 Å². The number of rotatable bonds is 6. The van der Waals surface area contributed by atoms with Crippen LogP contribution in [0.3, 0.4) is 0 Å². The molecule has 2 aromatic heterocycles. The molecule has 5 nitrogen and oxygen atoms in total. The zero-order valence-electron chi connectivity index (χ0n) is 26.8. The summed E-state index contributed by atoms with van der Waals surface area (Å²) in [6.07, 6.45) is 1.83. The monoisotopic (exact) mass is 631 g/mol. The number of nitrogens with zero attached hydrogens (tertiary/aromatic N) is 2. The van der Waals surface area contributed by atoms with E-state index >= 15 is 0 Å². The number of nitrogens with one attached hydrogen (secondary N) is 3. The fraction of sp³-hybridized carbons (Fsp3) is 0.0455. The maximum absolute atomic E-state index is 5.03. The van der Waals surface area contributed by atoms with Crippen LogP contribution in [0.2, 0.25) is 0 Å². The van der Waals surface area contributed by atoms with Crippen molar-refractivity contribution < 1.29 is 0 Å². The molecule has 3 heterocycles. The smallest absolute Gasteiger partial charge is 0.144 e. The first-order valence-electron chi connectivity index (χ1n) is 16.6. The summed E-state index contributed by atoms with van der Waals surface area (Å²) in [7, 11) is 0. The summed E-state index contributed by atoms with van der Waals surface area (Å²) in [5.74, 6) is 0.841. The normalized spacial score (nSPS) is 14.0. The molecule has 0 spiro atoms. The molecule has 0 saturated heterocycles. The van der Waals surface area contributed by atoms with Crippen molar-refractivity contribution in [2.45, 2.75) is 5.66 Å².